The van der Waals surface area contributed by atoms with Gasteiger partial charge in [-0.15, -0.1) is 0 Å². The van der Waals surface area contributed by atoms with Crippen molar-refractivity contribution in [2.24, 2.45) is 0 Å². The maximum absolute atomic E-state index is 9.25. The van der Waals surface area contributed by atoms with Crippen LogP contribution in [0.25, 0.3) is 0 Å². The maximum atomic E-state index is 9.25. The number of aliphatic carboxylic acids is 2. The zero-order valence-corrected chi connectivity index (χ0v) is 11.2. The molecule has 0 amide bonds. The number of rotatable bonds is 2. The summed E-state index contributed by atoms with van der Waals surface area (Å²) in [5, 5.41) is 15.2. The normalized spacial score (nSPS) is 5.33. The maximum Gasteiger partial charge on any atom is 2.00 e. The van der Waals surface area contributed by atoms with Crippen LogP contribution in [0.5, 0.6) is 0 Å². The zero-order valence-electron chi connectivity index (χ0n) is 9.99. The molecule has 0 saturated carbocycles. The Labute approximate surface area is 127 Å². The van der Waals surface area contributed by atoms with Gasteiger partial charge in [-0.1, -0.05) is 13.2 Å². The molecule has 6 heteroatoms. The van der Waals surface area contributed by atoms with Gasteiger partial charge in [0.05, 0.1) is 0 Å². The van der Waals surface area contributed by atoms with Crippen molar-refractivity contribution < 1.29 is 53.6 Å². The quantitative estimate of drug-likeness (QED) is 0.389. The third-order valence-electron chi connectivity index (χ3n) is 0.349. The SMILES string of the molecule is C=CC(=O)O.C=CC(=O)O.[Ca+2].[H-].[H-].[H-].[Na+]. The molecule has 0 saturated heterocycles. The molecule has 2 N–H and O–H groups in total. The van der Waals surface area contributed by atoms with Crippen LogP contribution in [0.4, 0.5) is 0 Å². The smallest absolute Gasteiger partial charge is 1.00 e. The topological polar surface area (TPSA) is 74.6 Å². The Balaban J connectivity index is -0.0000000128. The van der Waals surface area contributed by atoms with Gasteiger partial charge in [0.1, 0.15) is 0 Å². The molecule has 0 aliphatic carbocycles. The van der Waals surface area contributed by atoms with E-state index in [1.54, 1.807) is 0 Å². The van der Waals surface area contributed by atoms with Crippen LogP contribution in [0.15, 0.2) is 25.3 Å². The summed E-state index contributed by atoms with van der Waals surface area (Å²) >= 11 is 0. The summed E-state index contributed by atoms with van der Waals surface area (Å²) in [6, 6.07) is 0. The van der Waals surface area contributed by atoms with Gasteiger partial charge in [-0.3, -0.25) is 0 Å². The second-order valence-corrected chi connectivity index (χ2v) is 1.08. The fourth-order valence-electron chi connectivity index (χ4n) is 0. The summed E-state index contributed by atoms with van der Waals surface area (Å²) in [7, 11) is 0. The first kappa shape index (κ1) is 23.0. The number of carbonyl (C=O) groups is 2. The van der Waals surface area contributed by atoms with Crippen molar-refractivity contribution in [2.45, 2.75) is 0 Å². The Morgan fingerprint density at radius 3 is 1.17 bits per heavy atom. The van der Waals surface area contributed by atoms with Gasteiger partial charge >= 0.3 is 79.2 Å². The predicted octanol–water partition coefficient (Wildman–Crippen LogP) is -2.53. The molecule has 0 aliphatic rings. The fraction of sp³-hybridized carbons (Fsp3) is 0. The van der Waals surface area contributed by atoms with E-state index in [1.165, 1.54) is 0 Å². The molecule has 4 nitrogen and oxygen atoms in total. The van der Waals surface area contributed by atoms with Crippen molar-refractivity contribution in [1.82, 2.24) is 0 Å². The first-order valence-corrected chi connectivity index (χ1v) is 2.25. The van der Waals surface area contributed by atoms with Gasteiger partial charge in [-0.2, -0.15) is 0 Å². The van der Waals surface area contributed by atoms with Crippen molar-refractivity contribution in [3.8, 4) is 0 Å². The average molecular weight is 210 g/mol. The minimum Gasteiger partial charge on any atom is -1.00 e. The predicted molar refractivity (Wildman–Crippen MR) is 44.8 cm³/mol. The van der Waals surface area contributed by atoms with Crippen LogP contribution in [-0.4, -0.2) is 59.9 Å². The van der Waals surface area contributed by atoms with E-state index in [2.05, 4.69) is 13.2 Å². The Hall–Kier alpha value is 0.680. The van der Waals surface area contributed by atoms with E-state index in [-0.39, 0.29) is 71.6 Å². The Morgan fingerprint density at radius 2 is 1.17 bits per heavy atom. The van der Waals surface area contributed by atoms with E-state index in [9.17, 15) is 9.59 Å². The minimum absolute atomic E-state index is 0. The van der Waals surface area contributed by atoms with Crippen molar-refractivity contribution >= 4 is 49.7 Å². The average Bonchev–Trinajstić information content (AvgIpc) is 1.89. The molecule has 0 heterocycles. The van der Waals surface area contributed by atoms with Crippen LogP contribution < -0.4 is 29.6 Å². The summed E-state index contributed by atoms with van der Waals surface area (Å²) in [6.07, 6.45) is 1.67. The standard InChI is InChI=1S/2C3H4O2.Ca.Na.3H/c2*1-2-3(4)5;;;;;/h2*2H,1H2,(H,4,5);;;;;/q;;+2;+1;3*-1. The first-order valence-electron chi connectivity index (χ1n) is 2.25. The number of hydrogen-bond donors (Lipinski definition) is 2. The van der Waals surface area contributed by atoms with Crippen LogP contribution in [0.1, 0.15) is 4.28 Å². The molecule has 0 rings (SSSR count). The van der Waals surface area contributed by atoms with Gasteiger partial charge < -0.3 is 14.5 Å². The second-order valence-electron chi connectivity index (χ2n) is 1.08. The van der Waals surface area contributed by atoms with Gasteiger partial charge in [0.2, 0.25) is 0 Å². The first-order chi connectivity index (χ1) is 4.54. The van der Waals surface area contributed by atoms with E-state index in [1.807, 2.05) is 0 Å². The molecule has 0 radical (unpaired) electrons. The van der Waals surface area contributed by atoms with Crippen LogP contribution in [-0.2, 0) is 9.59 Å². The molecular formula is C6H11CaNaO4. The molecule has 0 aromatic heterocycles. The summed E-state index contributed by atoms with van der Waals surface area (Å²) in [5.74, 6) is -1.96. The van der Waals surface area contributed by atoms with Gasteiger partial charge in [0, 0.05) is 12.2 Å². The molecule has 0 atom stereocenters. The molecule has 0 aromatic rings. The van der Waals surface area contributed by atoms with E-state index < -0.39 is 11.9 Å². The van der Waals surface area contributed by atoms with Gasteiger partial charge in [0.15, 0.2) is 0 Å². The van der Waals surface area contributed by atoms with Gasteiger partial charge in [0.25, 0.3) is 0 Å². The van der Waals surface area contributed by atoms with E-state index >= 15 is 0 Å². The fourth-order valence-corrected chi connectivity index (χ4v) is 0. The number of hydrogen-bond acceptors (Lipinski definition) is 2. The Kier molecular flexibility index (Phi) is 33.8. The third kappa shape index (κ3) is 45.7. The van der Waals surface area contributed by atoms with Gasteiger partial charge in [-0.25, -0.2) is 9.59 Å². The molecule has 62 valence electrons. The molecular weight excluding hydrogens is 199 g/mol. The van der Waals surface area contributed by atoms with Crippen LogP contribution in [0.3, 0.4) is 0 Å². The van der Waals surface area contributed by atoms with Crippen LogP contribution in [0.2, 0.25) is 0 Å². The summed E-state index contributed by atoms with van der Waals surface area (Å²) in [6.45, 7) is 5.92. The summed E-state index contributed by atoms with van der Waals surface area (Å²) in [5.41, 5.74) is 0. The van der Waals surface area contributed by atoms with E-state index in [0.717, 1.165) is 12.2 Å². The van der Waals surface area contributed by atoms with Crippen molar-refractivity contribution in [3.63, 3.8) is 0 Å². The van der Waals surface area contributed by atoms with E-state index in [0.29, 0.717) is 0 Å². The monoisotopic (exact) mass is 210 g/mol. The molecule has 0 aliphatic heterocycles. The van der Waals surface area contributed by atoms with E-state index in [4.69, 9.17) is 10.2 Å². The number of carboxylic acid groups (broad SMARTS) is 2. The van der Waals surface area contributed by atoms with Crippen molar-refractivity contribution in [2.75, 3.05) is 0 Å². The molecule has 12 heavy (non-hydrogen) atoms. The molecule has 0 bridgehead atoms. The van der Waals surface area contributed by atoms with Gasteiger partial charge in [-0.05, 0) is 0 Å². The molecule has 0 unspecified atom stereocenters. The third-order valence-corrected chi connectivity index (χ3v) is 0.349. The molecule has 0 aromatic carbocycles. The zero-order chi connectivity index (χ0) is 8.57. The van der Waals surface area contributed by atoms with Crippen LogP contribution in [0, 0.1) is 0 Å². The van der Waals surface area contributed by atoms with Crippen LogP contribution >= 0.6 is 0 Å². The largest absolute Gasteiger partial charge is 2.00 e. The Bertz CT molecular complexity index is 150. The second kappa shape index (κ2) is 17.7. The minimum atomic E-state index is -0.981. The molecule has 0 fully saturated rings. The Morgan fingerprint density at radius 1 is 1.08 bits per heavy atom. The molecule has 0 spiro atoms. The number of carboxylic acids is 2. The van der Waals surface area contributed by atoms with Crippen molar-refractivity contribution in [1.29, 1.82) is 0 Å². The summed E-state index contributed by atoms with van der Waals surface area (Å²) in [4.78, 5) is 18.5. The summed E-state index contributed by atoms with van der Waals surface area (Å²) < 4.78 is 0. The van der Waals surface area contributed by atoms with Crippen molar-refractivity contribution in [3.05, 3.63) is 25.3 Å².